The molecule has 0 aliphatic rings. The molecule has 66 valence electrons. The lowest BCUT2D eigenvalue weighted by Gasteiger charge is -2.01. The maximum absolute atomic E-state index is 11.0. The van der Waals surface area contributed by atoms with Crippen molar-refractivity contribution >= 4 is 0 Å². The Hall–Kier alpha value is -1.36. The van der Waals surface area contributed by atoms with Crippen molar-refractivity contribution in [3.63, 3.8) is 0 Å². The minimum Gasteiger partial charge on any atom is -0.328 e. The van der Waals surface area contributed by atoms with Crippen molar-refractivity contribution in [3.8, 4) is 0 Å². The standard InChI is InChI=1S/C7H11N3O2/c1-4(8)2-5-3-9-7(12)10-6(5)11/h3-4H,2,8H2,1H3,(H2,9,10,11,12). The van der Waals surface area contributed by atoms with Gasteiger partial charge in [0.05, 0.1) is 0 Å². The Labute approximate surface area is 68.6 Å². The first-order chi connectivity index (χ1) is 5.59. The van der Waals surface area contributed by atoms with Gasteiger partial charge in [0.2, 0.25) is 0 Å². The Bertz CT molecular complexity index is 363. The van der Waals surface area contributed by atoms with Crippen LogP contribution in [0.5, 0.6) is 0 Å². The fourth-order valence-corrected chi connectivity index (χ4v) is 0.936. The second kappa shape index (κ2) is 3.36. The maximum atomic E-state index is 11.0. The Kier molecular flexibility index (Phi) is 2.44. The lowest BCUT2D eigenvalue weighted by molar-refractivity contribution is 0.724. The lowest BCUT2D eigenvalue weighted by Crippen LogP contribution is -2.28. The van der Waals surface area contributed by atoms with E-state index in [9.17, 15) is 9.59 Å². The number of hydrogen-bond acceptors (Lipinski definition) is 3. The predicted molar refractivity (Wildman–Crippen MR) is 45.0 cm³/mol. The minimum atomic E-state index is -0.492. The molecular formula is C7H11N3O2. The third-order valence-corrected chi connectivity index (χ3v) is 1.44. The Morgan fingerprint density at radius 2 is 2.25 bits per heavy atom. The van der Waals surface area contributed by atoms with Gasteiger partial charge in [-0.05, 0) is 13.3 Å². The molecule has 0 aliphatic carbocycles. The lowest BCUT2D eigenvalue weighted by atomic mass is 10.1. The summed E-state index contributed by atoms with van der Waals surface area (Å²) < 4.78 is 0. The Balaban J connectivity index is 3.02. The highest BCUT2D eigenvalue weighted by atomic mass is 16.2. The molecule has 4 N–H and O–H groups in total. The van der Waals surface area contributed by atoms with E-state index in [-0.39, 0.29) is 11.6 Å². The summed E-state index contributed by atoms with van der Waals surface area (Å²) in [6.45, 7) is 1.80. The molecule has 0 saturated heterocycles. The molecule has 0 aromatic carbocycles. The first-order valence-corrected chi connectivity index (χ1v) is 3.66. The molecule has 1 rings (SSSR count). The molecule has 12 heavy (non-hydrogen) atoms. The topological polar surface area (TPSA) is 91.7 Å². The van der Waals surface area contributed by atoms with E-state index in [0.717, 1.165) is 0 Å². The summed E-state index contributed by atoms with van der Waals surface area (Å²) >= 11 is 0. The third-order valence-electron chi connectivity index (χ3n) is 1.44. The van der Waals surface area contributed by atoms with Gasteiger partial charge in [0, 0.05) is 17.8 Å². The van der Waals surface area contributed by atoms with Crippen molar-refractivity contribution in [2.75, 3.05) is 0 Å². The van der Waals surface area contributed by atoms with Gasteiger partial charge in [0.25, 0.3) is 5.56 Å². The van der Waals surface area contributed by atoms with E-state index in [1.54, 1.807) is 6.92 Å². The number of aromatic nitrogens is 2. The van der Waals surface area contributed by atoms with Crippen LogP contribution in [0.2, 0.25) is 0 Å². The molecule has 1 atom stereocenters. The number of rotatable bonds is 2. The highest BCUT2D eigenvalue weighted by molar-refractivity contribution is 5.04. The van der Waals surface area contributed by atoms with Gasteiger partial charge in [-0.25, -0.2) is 4.79 Å². The minimum absolute atomic E-state index is 0.0861. The molecule has 0 bridgehead atoms. The molecule has 0 fully saturated rings. The Morgan fingerprint density at radius 1 is 1.58 bits per heavy atom. The average Bonchev–Trinajstić information content (AvgIpc) is 1.94. The molecule has 0 saturated carbocycles. The van der Waals surface area contributed by atoms with Gasteiger partial charge in [0.15, 0.2) is 0 Å². The maximum Gasteiger partial charge on any atom is 0.325 e. The highest BCUT2D eigenvalue weighted by Gasteiger charge is 2.02. The van der Waals surface area contributed by atoms with Crippen LogP contribution in [0.25, 0.3) is 0 Å². The van der Waals surface area contributed by atoms with E-state index >= 15 is 0 Å². The van der Waals surface area contributed by atoms with Crippen molar-refractivity contribution in [1.82, 2.24) is 9.97 Å². The highest BCUT2D eigenvalue weighted by Crippen LogP contribution is 1.89. The molecule has 1 heterocycles. The number of H-pyrrole nitrogens is 2. The summed E-state index contributed by atoms with van der Waals surface area (Å²) in [5.41, 5.74) is 5.13. The quantitative estimate of drug-likeness (QED) is 0.527. The van der Waals surface area contributed by atoms with Crippen LogP contribution in [0.4, 0.5) is 0 Å². The van der Waals surface area contributed by atoms with Crippen molar-refractivity contribution in [3.05, 3.63) is 32.6 Å². The second-order valence-corrected chi connectivity index (χ2v) is 2.78. The van der Waals surface area contributed by atoms with E-state index in [2.05, 4.69) is 9.97 Å². The van der Waals surface area contributed by atoms with E-state index < -0.39 is 5.69 Å². The van der Waals surface area contributed by atoms with Gasteiger partial charge in [-0.15, -0.1) is 0 Å². The van der Waals surface area contributed by atoms with E-state index in [1.807, 2.05) is 0 Å². The molecule has 0 amide bonds. The van der Waals surface area contributed by atoms with Gasteiger partial charge < -0.3 is 10.7 Å². The molecule has 5 heteroatoms. The van der Waals surface area contributed by atoms with Crippen molar-refractivity contribution in [2.24, 2.45) is 5.73 Å². The summed E-state index contributed by atoms with van der Waals surface area (Å²) in [6, 6.07) is -0.0861. The number of nitrogens with two attached hydrogens (primary N) is 1. The third kappa shape index (κ3) is 2.06. The van der Waals surface area contributed by atoms with Crippen molar-refractivity contribution in [2.45, 2.75) is 19.4 Å². The van der Waals surface area contributed by atoms with Crippen LogP contribution in [0, 0.1) is 0 Å². The van der Waals surface area contributed by atoms with Crippen LogP contribution in [-0.2, 0) is 6.42 Å². The van der Waals surface area contributed by atoms with Crippen LogP contribution in [0.1, 0.15) is 12.5 Å². The van der Waals surface area contributed by atoms with Gasteiger partial charge in [-0.1, -0.05) is 0 Å². The SMILES string of the molecule is CC(N)Cc1c[nH]c(=O)[nH]c1=O. The zero-order chi connectivity index (χ0) is 9.14. The predicted octanol–water partition coefficient (Wildman–Crippen LogP) is -1.05. The number of hydrogen-bond donors (Lipinski definition) is 3. The van der Waals surface area contributed by atoms with Crippen LogP contribution < -0.4 is 17.0 Å². The molecule has 0 radical (unpaired) electrons. The summed E-state index contributed by atoms with van der Waals surface area (Å²) in [7, 11) is 0. The van der Waals surface area contributed by atoms with E-state index in [4.69, 9.17) is 5.73 Å². The zero-order valence-electron chi connectivity index (χ0n) is 6.76. The fraction of sp³-hybridized carbons (Fsp3) is 0.429. The first kappa shape index (κ1) is 8.73. The average molecular weight is 169 g/mol. The summed E-state index contributed by atoms with van der Waals surface area (Å²) in [6.07, 6.45) is 1.86. The molecule has 0 spiro atoms. The molecule has 1 unspecified atom stereocenters. The largest absolute Gasteiger partial charge is 0.328 e. The second-order valence-electron chi connectivity index (χ2n) is 2.78. The van der Waals surface area contributed by atoms with Gasteiger partial charge >= 0.3 is 5.69 Å². The van der Waals surface area contributed by atoms with Crippen molar-refractivity contribution in [1.29, 1.82) is 0 Å². The smallest absolute Gasteiger partial charge is 0.325 e. The van der Waals surface area contributed by atoms with Crippen LogP contribution in [0.15, 0.2) is 15.8 Å². The van der Waals surface area contributed by atoms with Crippen molar-refractivity contribution < 1.29 is 0 Å². The Morgan fingerprint density at radius 3 is 2.75 bits per heavy atom. The molecule has 5 nitrogen and oxygen atoms in total. The zero-order valence-corrected chi connectivity index (χ0v) is 6.76. The molecule has 0 aliphatic heterocycles. The number of nitrogens with one attached hydrogen (secondary N) is 2. The summed E-state index contributed by atoms with van der Waals surface area (Å²) in [4.78, 5) is 26.1. The van der Waals surface area contributed by atoms with Gasteiger partial charge in [-0.2, -0.15) is 0 Å². The molecule has 1 aromatic heterocycles. The monoisotopic (exact) mass is 169 g/mol. The fourth-order valence-electron chi connectivity index (χ4n) is 0.936. The van der Waals surface area contributed by atoms with Crippen LogP contribution >= 0.6 is 0 Å². The number of aromatic amines is 2. The molecular weight excluding hydrogens is 158 g/mol. The molecule has 1 aromatic rings. The summed E-state index contributed by atoms with van der Waals surface area (Å²) in [5, 5.41) is 0. The van der Waals surface area contributed by atoms with Gasteiger partial charge in [-0.3, -0.25) is 9.78 Å². The van der Waals surface area contributed by atoms with E-state index in [0.29, 0.717) is 12.0 Å². The van der Waals surface area contributed by atoms with Crippen LogP contribution in [0.3, 0.4) is 0 Å². The normalized spacial score (nSPS) is 12.8. The van der Waals surface area contributed by atoms with Gasteiger partial charge in [0.1, 0.15) is 0 Å². The van der Waals surface area contributed by atoms with Crippen LogP contribution in [-0.4, -0.2) is 16.0 Å². The van der Waals surface area contributed by atoms with E-state index in [1.165, 1.54) is 6.20 Å². The first-order valence-electron chi connectivity index (χ1n) is 3.66. The summed E-state index contributed by atoms with van der Waals surface area (Å²) in [5.74, 6) is 0.